The predicted molar refractivity (Wildman–Crippen MR) is 65.6 cm³/mol. The molecular formula is C12H19NO2S. The first-order chi connectivity index (χ1) is 7.85. The van der Waals surface area contributed by atoms with Gasteiger partial charge in [-0.3, -0.25) is 0 Å². The maximum Gasteiger partial charge on any atom is 0.0501 e. The van der Waals surface area contributed by atoms with E-state index in [1.807, 2.05) is 0 Å². The van der Waals surface area contributed by atoms with Crippen LogP contribution in [-0.2, 0) is 11.3 Å². The van der Waals surface area contributed by atoms with Crippen molar-refractivity contribution in [3.05, 3.63) is 22.4 Å². The SMILES string of the molecule is OCC1(CNCc2ccsc2)CCOCC1. The zero-order valence-corrected chi connectivity index (χ0v) is 10.3. The van der Waals surface area contributed by atoms with Crippen molar-refractivity contribution in [1.82, 2.24) is 5.32 Å². The first-order valence-corrected chi connectivity index (χ1v) is 6.69. The number of nitrogens with one attached hydrogen (secondary N) is 1. The second-order valence-corrected chi connectivity index (χ2v) is 5.29. The Labute approximate surface area is 100 Å². The van der Waals surface area contributed by atoms with Crippen LogP contribution in [0.4, 0.5) is 0 Å². The Morgan fingerprint density at radius 3 is 2.88 bits per heavy atom. The van der Waals surface area contributed by atoms with E-state index < -0.39 is 0 Å². The molecule has 1 aromatic heterocycles. The van der Waals surface area contributed by atoms with E-state index in [1.54, 1.807) is 11.3 Å². The van der Waals surface area contributed by atoms with E-state index in [0.29, 0.717) is 0 Å². The molecule has 4 heteroatoms. The molecule has 0 aromatic carbocycles. The fourth-order valence-corrected chi connectivity index (χ4v) is 2.73. The molecule has 0 saturated carbocycles. The molecule has 2 rings (SSSR count). The molecule has 16 heavy (non-hydrogen) atoms. The number of rotatable bonds is 5. The van der Waals surface area contributed by atoms with Crippen molar-refractivity contribution in [3.8, 4) is 0 Å². The smallest absolute Gasteiger partial charge is 0.0501 e. The molecule has 2 N–H and O–H groups in total. The number of hydrogen-bond acceptors (Lipinski definition) is 4. The molecule has 0 spiro atoms. The molecule has 0 unspecified atom stereocenters. The van der Waals surface area contributed by atoms with Crippen LogP contribution in [0.5, 0.6) is 0 Å². The van der Waals surface area contributed by atoms with Crippen LogP contribution in [0.15, 0.2) is 16.8 Å². The van der Waals surface area contributed by atoms with E-state index in [0.717, 1.165) is 39.1 Å². The lowest BCUT2D eigenvalue weighted by molar-refractivity contribution is -0.0154. The summed E-state index contributed by atoms with van der Waals surface area (Å²) in [6.45, 7) is 3.59. The van der Waals surface area contributed by atoms with E-state index in [1.165, 1.54) is 5.56 Å². The van der Waals surface area contributed by atoms with Gasteiger partial charge in [-0.2, -0.15) is 11.3 Å². The lowest BCUT2D eigenvalue weighted by Gasteiger charge is -2.35. The third-order valence-electron chi connectivity index (χ3n) is 3.30. The quantitative estimate of drug-likeness (QED) is 0.823. The molecule has 0 aliphatic carbocycles. The summed E-state index contributed by atoms with van der Waals surface area (Å²) in [5.41, 5.74) is 1.36. The summed E-state index contributed by atoms with van der Waals surface area (Å²) < 4.78 is 5.34. The Morgan fingerprint density at radius 1 is 1.44 bits per heavy atom. The van der Waals surface area contributed by atoms with Gasteiger partial charge in [0.15, 0.2) is 0 Å². The summed E-state index contributed by atoms with van der Waals surface area (Å²) in [6, 6.07) is 2.13. The van der Waals surface area contributed by atoms with Gasteiger partial charge in [0.1, 0.15) is 0 Å². The van der Waals surface area contributed by atoms with Gasteiger partial charge < -0.3 is 15.2 Å². The van der Waals surface area contributed by atoms with Crippen LogP contribution in [0.25, 0.3) is 0 Å². The fourth-order valence-electron chi connectivity index (χ4n) is 2.06. The highest BCUT2D eigenvalue weighted by Gasteiger charge is 2.31. The minimum atomic E-state index is 0.0360. The fraction of sp³-hybridized carbons (Fsp3) is 0.667. The van der Waals surface area contributed by atoms with Crippen LogP contribution in [0.2, 0.25) is 0 Å². The van der Waals surface area contributed by atoms with E-state index in [9.17, 15) is 5.11 Å². The molecule has 0 bridgehead atoms. The van der Waals surface area contributed by atoms with Crippen LogP contribution in [0, 0.1) is 5.41 Å². The summed E-state index contributed by atoms with van der Waals surface area (Å²) in [7, 11) is 0. The zero-order chi connectivity index (χ0) is 11.3. The van der Waals surface area contributed by atoms with Crippen molar-refractivity contribution < 1.29 is 9.84 Å². The maximum absolute atomic E-state index is 9.51. The third kappa shape index (κ3) is 3.04. The second kappa shape index (κ2) is 5.77. The summed E-state index contributed by atoms with van der Waals surface area (Å²) in [6.07, 6.45) is 1.92. The molecule has 1 saturated heterocycles. The topological polar surface area (TPSA) is 41.5 Å². The summed E-state index contributed by atoms with van der Waals surface area (Å²) >= 11 is 1.72. The van der Waals surface area contributed by atoms with Crippen LogP contribution >= 0.6 is 11.3 Å². The van der Waals surface area contributed by atoms with E-state index >= 15 is 0 Å². The average molecular weight is 241 g/mol. The summed E-state index contributed by atoms with van der Waals surface area (Å²) in [4.78, 5) is 0. The molecule has 0 atom stereocenters. The Morgan fingerprint density at radius 2 is 2.25 bits per heavy atom. The maximum atomic E-state index is 9.51. The van der Waals surface area contributed by atoms with Crippen molar-refractivity contribution in [2.24, 2.45) is 5.41 Å². The molecule has 0 radical (unpaired) electrons. The molecule has 90 valence electrons. The largest absolute Gasteiger partial charge is 0.396 e. The van der Waals surface area contributed by atoms with Gasteiger partial charge in [0, 0.05) is 31.7 Å². The van der Waals surface area contributed by atoms with E-state index in [2.05, 4.69) is 22.1 Å². The highest BCUT2D eigenvalue weighted by Crippen LogP contribution is 2.29. The first kappa shape index (κ1) is 12.0. The van der Waals surface area contributed by atoms with Crippen LogP contribution in [-0.4, -0.2) is 31.5 Å². The van der Waals surface area contributed by atoms with Crippen molar-refractivity contribution in [1.29, 1.82) is 0 Å². The van der Waals surface area contributed by atoms with Crippen LogP contribution in [0.1, 0.15) is 18.4 Å². The Bertz CT molecular complexity index is 294. The van der Waals surface area contributed by atoms with Gasteiger partial charge >= 0.3 is 0 Å². The molecule has 1 aliphatic heterocycles. The third-order valence-corrected chi connectivity index (χ3v) is 4.03. The summed E-state index contributed by atoms with van der Waals surface area (Å²) in [5, 5.41) is 17.2. The van der Waals surface area contributed by atoms with Crippen LogP contribution in [0.3, 0.4) is 0 Å². The Hall–Kier alpha value is -0.420. The van der Waals surface area contributed by atoms with Gasteiger partial charge in [-0.25, -0.2) is 0 Å². The second-order valence-electron chi connectivity index (χ2n) is 4.51. The minimum Gasteiger partial charge on any atom is -0.396 e. The number of ether oxygens (including phenoxy) is 1. The standard InChI is InChI=1S/C12H19NO2S/c14-10-12(2-4-15-5-3-12)9-13-7-11-1-6-16-8-11/h1,6,8,13-14H,2-5,7,9-10H2. The molecule has 0 amide bonds. The van der Waals surface area contributed by atoms with Gasteiger partial charge in [0.25, 0.3) is 0 Å². The first-order valence-electron chi connectivity index (χ1n) is 5.75. The zero-order valence-electron chi connectivity index (χ0n) is 9.45. The van der Waals surface area contributed by atoms with Gasteiger partial charge in [0.05, 0.1) is 6.61 Å². The number of aliphatic hydroxyl groups excluding tert-OH is 1. The monoisotopic (exact) mass is 241 g/mol. The molecule has 1 fully saturated rings. The minimum absolute atomic E-state index is 0.0360. The van der Waals surface area contributed by atoms with Crippen molar-refractivity contribution in [2.45, 2.75) is 19.4 Å². The average Bonchev–Trinajstić information content (AvgIpc) is 2.83. The normalized spacial score (nSPS) is 19.8. The lowest BCUT2D eigenvalue weighted by atomic mass is 9.81. The molecular weight excluding hydrogens is 222 g/mol. The Kier molecular flexibility index (Phi) is 4.35. The number of thiophene rings is 1. The van der Waals surface area contributed by atoms with Gasteiger partial charge in [-0.1, -0.05) is 0 Å². The van der Waals surface area contributed by atoms with Crippen LogP contribution < -0.4 is 5.32 Å². The molecule has 3 nitrogen and oxygen atoms in total. The highest BCUT2D eigenvalue weighted by atomic mass is 32.1. The van der Waals surface area contributed by atoms with E-state index in [4.69, 9.17) is 4.74 Å². The summed E-state index contributed by atoms with van der Waals surface area (Å²) in [5.74, 6) is 0. The van der Waals surface area contributed by atoms with Crippen molar-refractivity contribution in [2.75, 3.05) is 26.4 Å². The predicted octanol–water partition coefficient (Wildman–Crippen LogP) is 1.63. The molecule has 2 heterocycles. The van der Waals surface area contributed by atoms with Crippen molar-refractivity contribution >= 4 is 11.3 Å². The van der Waals surface area contributed by atoms with Crippen molar-refractivity contribution in [3.63, 3.8) is 0 Å². The van der Waals surface area contributed by atoms with E-state index in [-0.39, 0.29) is 12.0 Å². The Balaban J connectivity index is 1.78. The number of aliphatic hydroxyl groups is 1. The van der Waals surface area contributed by atoms with Gasteiger partial charge in [-0.15, -0.1) is 0 Å². The van der Waals surface area contributed by atoms with Gasteiger partial charge in [-0.05, 0) is 35.2 Å². The molecule has 1 aliphatic rings. The lowest BCUT2D eigenvalue weighted by Crippen LogP contribution is -2.41. The van der Waals surface area contributed by atoms with Gasteiger partial charge in [0.2, 0.25) is 0 Å². The highest BCUT2D eigenvalue weighted by molar-refractivity contribution is 7.07. The molecule has 1 aromatic rings. The number of hydrogen-bond donors (Lipinski definition) is 2.